The maximum absolute atomic E-state index is 12.1. The highest BCUT2D eigenvalue weighted by atomic mass is 32.1. The summed E-state index contributed by atoms with van der Waals surface area (Å²) in [5, 5.41) is 0. The van der Waals surface area contributed by atoms with Crippen molar-refractivity contribution in [2.45, 2.75) is 32.8 Å². The van der Waals surface area contributed by atoms with Crippen molar-refractivity contribution in [2.24, 2.45) is 0 Å². The van der Waals surface area contributed by atoms with E-state index in [-0.39, 0.29) is 12.0 Å². The molecule has 2 fully saturated rings. The smallest absolute Gasteiger partial charge is 0.228 e. The number of ether oxygens (including phenoxy) is 2. The average Bonchev–Trinajstić information content (AvgIpc) is 3.44. The van der Waals surface area contributed by atoms with E-state index in [4.69, 9.17) is 9.47 Å². The molecule has 0 aliphatic carbocycles. The molecule has 162 valence electrons. The molecule has 0 bridgehead atoms. The number of anilines is 2. The molecule has 1 amide bonds. The zero-order valence-corrected chi connectivity index (χ0v) is 18.4. The average molecular weight is 432 g/mol. The number of para-hydroxylation sites is 2. The molecule has 0 spiro atoms. The number of hydrogen-bond acceptors (Lipinski definition) is 8. The molecule has 30 heavy (non-hydrogen) atoms. The summed E-state index contributed by atoms with van der Waals surface area (Å²) in [6, 6.07) is 7.82. The normalized spacial score (nSPS) is 21.4. The van der Waals surface area contributed by atoms with Gasteiger partial charge in [-0.05, 0) is 18.6 Å². The third-order valence-corrected chi connectivity index (χ3v) is 5.99. The van der Waals surface area contributed by atoms with Crippen LogP contribution in [0.3, 0.4) is 0 Å². The van der Waals surface area contributed by atoms with E-state index in [0.29, 0.717) is 13.0 Å². The van der Waals surface area contributed by atoms with Gasteiger partial charge in [-0.3, -0.25) is 14.6 Å². The third kappa shape index (κ3) is 4.37. The number of benzene rings is 1. The molecule has 4 heterocycles. The van der Waals surface area contributed by atoms with Gasteiger partial charge < -0.3 is 14.4 Å². The Hall–Kier alpha value is -2.39. The number of fused-ring (bicyclic) bond motifs is 1. The zero-order chi connectivity index (χ0) is 20.9. The number of amides is 1. The molecular weight excluding hydrogens is 402 g/mol. The van der Waals surface area contributed by atoms with Crippen LogP contribution in [-0.4, -0.2) is 71.5 Å². The number of nitrogens with zero attached hydrogens (tertiary/aromatic N) is 5. The second-order valence-electron chi connectivity index (χ2n) is 7.35. The highest BCUT2D eigenvalue weighted by Gasteiger charge is 2.31. The summed E-state index contributed by atoms with van der Waals surface area (Å²) in [5.74, 6) is 3.39. The van der Waals surface area contributed by atoms with Crippen molar-refractivity contribution in [1.29, 1.82) is 0 Å². The Kier molecular flexibility index (Phi) is 6.69. The quantitative estimate of drug-likeness (QED) is 0.737. The van der Waals surface area contributed by atoms with Crippen LogP contribution in [0.25, 0.3) is 0 Å². The fourth-order valence-corrected chi connectivity index (χ4v) is 4.58. The van der Waals surface area contributed by atoms with Gasteiger partial charge in [0.15, 0.2) is 23.1 Å². The summed E-state index contributed by atoms with van der Waals surface area (Å²) in [6.07, 6.45) is 1.55. The van der Waals surface area contributed by atoms with Gasteiger partial charge in [-0.15, -0.1) is 0 Å². The molecule has 1 atom stereocenters. The van der Waals surface area contributed by atoms with Crippen molar-refractivity contribution >= 4 is 29.3 Å². The van der Waals surface area contributed by atoms with E-state index in [1.54, 1.807) is 4.90 Å². The van der Waals surface area contributed by atoms with Gasteiger partial charge in [-0.2, -0.15) is 8.75 Å². The first-order chi connectivity index (χ1) is 14.8. The fourth-order valence-electron chi connectivity index (χ4n) is 4.00. The first-order valence-electron chi connectivity index (χ1n) is 10.8. The first-order valence-corrected chi connectivity index (χ1v) is 11.5. The highest BCUT2D eigenvalue weighted by Crippen LogP contribution is 2.32. The Morgan fingerprint density at radius 2 is 1.77 bits per heavy atom. The van der Waals surface area contributed by atoms with Gasteiger partial charge in [-0.25, -0.2) is 0 Å². The van der Waals surface area contributed by atoms with Crippen molar-refractivity contribution < 1.29 is 14.3 Å². The van der Waals surface area contributed by atoms with E-state index in [0.717, 1.165) is 68.8 Å². The number of piperazine rings is 1. The molecule has 1 aromatic carbocycles. The van der Waals surface area contributed by atoms with Crippen molar-refractivity contribution in [1.82, 2.24) is 13.6 Å². The zero-order valence-electron chi connectivity index (χ0n) is 17.6. The van der Waals surface area contributed by atoms with Gasteiger partial charge in [-0.1, -0.05) is 26.0 Å². The Bertz CT molecular complexity index is 853. The van der Waals surface area contributed by atoms with Crippen LogP contribution in [0.2, 0.25) is 0 Å². The lowest BCUT2D eigenvalue weighted by Gasteiger charge is -2.37. The SMILES string of the molecule is CC.O=C1CCCN1c1nsnc1N1CCN(C[C@H]2COc3ccccc3O2)CC1. The highest BCUT2D eigenvalue weighted by molar-refractivity contribution is 6.99. The van der Waals surface area contributed by atoms with Crippen molar-refractivity contribution in [2.75, 3.05) is 55.7 Å². The van der Waals surface area contributed by atoms with Gasteiger partial charge in [0, 0.05) is 45.7 Å². The minimum Gasteiger partial charge on any atom is -0.486 e. The van der Waals surface area contributed by atoms with Crippen molar-refractivity contribution in [3.05, 3.63) is 24.3 Å². The second-order valence-corrected chi connectivity index (χ2v) is 7.87. The molecule has 8 nitrogen and oxygen atoms in total. The number of aromatic nitrogens is 2. The first kappa shape index (κ1) is 20.9. The molecule has 0 radical (unpaired) electrons. The number of rotatable bonds is 4. The van der Waals surface area contributed by atoms with Crippen LogP contribution in [0.15, 0.2) is 24.3 Å². The molecule has 2 saturated heterocycles. The van der Waals surface area contributed by atoms with E-state index < -0.39 is 0 Å². The van der Waals surface area contributed by atoms with E-state index >= 15 is 0 Å². The van der Waals surface area contributed by atoms with Crippen LogP contribution in [0, 0.1) is 0 Å². The molecule has 5 rings (SSSR count). The lowest BCUT2D eigenvalue weighted by Crippen LogP contribution is -2.51. The number of carbonyl (C=O) groups excluding carboxylic acids is 1. The summed E-state index contributed by atoms with van der Waals surface area (Å²) in [4.78, 5) is 18.5. The van der Waals surface area contributed by atoms with Crippen LogP contribution in [0.5, 0.6) is 11.5 Å². The molecule has 1 aromatic heterocycles. The molecule has 3 aliphatic rings. The van der Waals surface area contributed by atoms with Gasteiger partial charge in [0.05, 0.1) is 11.7 Å². The van der Waals surface area contributed by atoms with Gasteiger partial charge >= 0.3 is 0 Å². The van der Waals surface area contributed by atoms with Crippen LogP contribution in [-0.2, 0) is 4.79 Å². The molecule has 3 aliphatic heterocycles. The summed E-state index contributed by atoms with van der Waals surface area (Å²) in [6.45, 7) is 9.75. The fraction of sp³-hybridized carbons (Fsp3) is 0.571. The predicted octanol–water partition coefficient (Wildman–Crippen LogP) is 2.65. The van der Waals surface area contributed by atoms with Gasteiger partial charge in [0.1, 0.15) is 12.7 Å². The monoisotopic (exact) mass is 431 g/mol. The third-order valence-electron chi connectivity index (χ3n) is 5.48. The largest absolute Gasteiger partial charge is 0.486 e. The lowest BCUT2D eigenvalue weighted by atomic mass is 10.2. The summed E-state index contributed by atoms with van der Waals surface area (Å²) in [7, 11) is 0. The molecule has 0 saturated carbocycles. The summed E-state index contributed by atoms with van der Waals surface area (Å²) in [5.41, 5.74) is 0. The van der Waals surface area contributed by atoms with Crippen LogP contribution < -0.4 is 19.3 Å². The molecule has 2 aromatic rings. The van der Waals surface area contributed by atoms with E-state index in [9.17, 15) is 4.79 Å². The van der Waals surface area contributed by atoms with Gasteiger partial charge in [0.2, 0.25) is 5.91 Å². The topological polar surface area (TPSA) is 71.0 Å². The van der Waals surface area contributed by atoms with E-state index in [1.165, 1.54) is 11.7 Å². The Morgan fingerprint density at radius 1 is 1.03 bits per heavy atom. The minimum atomic E-state index is 0.0418. The van der Waals surface area contributed by atoms with Gasteiger partial charge in [0.25, 0.3) is 0 Å². The summed E-state index contributed by atoms with van der Waals surface area (Å²) >= 11 is 1.19. The standard InChI is InChI=1S/C19H23N5O3S.C2H6/c25-17-6-3-7-24(17)19-18(20-28-21-19)23-10-8-22(9-11-23)12-14-13-26-15-4-1-2-5-16(15)27-14;1-2/h1-2,4-5,14H,3,6-13H2;1-2H3/t14-;/m0./s1. The summed E-state index contributed by atoms with van der Waals surface area (Å²) < 4.78 is 20.8. The number of carbonyl (C=O) groups is 1. The second kappa shape index (κ2) is 9.61. The van der Waals surface area contributed by atoms with E-state index in [1.807, 2.05) is 38.1 Å². The lowest BCUT2D eigenvalue weighted by molar-refractivity contribution is -0.117. The Balaban J connectivity index is 0.00000106. The van der Waals surface area contributed by atoms with Crippen LogP contribution in [0.4, 0.5) is 11.6 Å². The van der Waals surface area contributed by atoms with Crippen molar-refractivity contribution in [3.8, 4) is 11.5 Å². The van der Waals surface area contributed by atoms with Crippen LogP contribution in [0.1, 0.15) is 26.7 Å². The molecule has 0 unspecified atom stereocenters. The molecule has 0 N–H and O–H groups in total. The minimum absolute atomic E-state index is 0.0418. The maximum Gasteiger partial charge on any atom is 0.228 e. The van der Waals surface area contributed by atoms with Crippen LogP contribution >= 0.6 is 11.7 Å². The Labute approximate surface area is 181 Å². The van der Waals surface area contributed by atoms with E-state index in [2.05, 4.69) is 18.5 Å². The van der Waals surface area contributed by atoms with Crippen molar-refractivity contribution in [3.63, 3.8) is 0 Å². The molecule has 9 heteroatoms. The molecular formula is C21H29N5O3S. The predicted molar refractivity (Wildman–Crippen MR) is 118 cm³/mol. The maximum atomic E-state index is 12.1. The Morgan fingerprint density at radius 3 is 2.50 bits per heavy atom. The number of hydrogen-bond donors (Lipinski definition) is 0.